The molecule has 172 valence electrons. The van der Waals surface area contributed by atoms with Crippen LogP contribution in [0.1, 0.15) is 33.5 Å². The van der Waals surface area contributed by atoms with Crippen LogP contribution in [0.15, 0.2) is 42.5 Å². The summed E-state index contributed by atoms with van der Waals surface area (Å²) in [4.78, 5) is 26.8. The molecule has 0 bridgehead atoms. The number of nitrogens with zero attached hydrogens (tertiary/aromatic N) is 1. The highest BCUT2D eigenvalue weighted by molar-refractivity contribution is 5.96. The number of carbonyl (C=O) groups is 2. The monoisotopic (exact) mass is 450 g/mol. The van der Waals surface area contributed by atoms with Crippen LogP contribution in [-0.2, 0) is 22.3 Å². The van der Waals surface area contributed by atoms with Gasteiger partial charge in [0.15, 0.2) is 0 Å². The first-order valence-electron chi connectivity index (χ1n) is 10.1. The van der Waals surface area contributed by atoms with Gasteiger partial charge in [-0.05, 0) is 42.7 Å². The molecule has 1 saturated heterocycles. The Bertz CT molecular complexity index is 993. The number of methoxy groups -OCH3 is 2. The maximum atomic E-state index is 13.3. The molecular weight excluding hydrogens is 425 g/mol. The van der Waals surface area contributed by atoms with Crippen LogP contribution in [0.5, 0.6) is 5.75 Å². The zero-order valence-electron chi connectivity index (χ0n) is 18.0. The Kier molecular flexibility index (Phi) is 7.08. The zero-order valence-corrected chi connectivity index (χ0v) is 18.0. The van der Waals surface area contributed by atoms with Gasteiger partial charge in [-0.1, -0.05) is 24.3 Å². The lowest BCUT2D eigenvalue weighted by Gasteiger charge is -2.22. The summed E-state index contributed by atoms with van der Waals surface area (Å²) in [6, 6.07) is 9.17. The van der Waals surface area contributed by atoms with E-state index in [1.807, 2.05) is 30.0 Å². The summed E-state index contributed by atoms with van der Waals surface area (Å²) in [7, 11) is 2.86. The molecule has 1 heterocycles. The van der Waals surface area contributed by atoms with Gasteiger partial charge in [0, 0.05) is 19.1 Å². The highest BCUT2D eigenvalue weighted by Crippen LogP contribution is 2.32. The molecule has 2 aromatic rings. The second kappa shape index (κ2) is 9.60. The first kappa shape index (κ1) is 23.6. The second-order valence-corrected chi connectivity index (χ2v) is 7.72. The van der Waals surface area contributed by atoms with Crippen molar-refractivity contribution < 1.29 is 32.2 Å². The molecule has 0 saturated carbocycles. The molecule has 2 atom stereocenters. The first-order chi connectivity index (χ1) is 15.1. The lowest BCUT2D eigenvalue weighted by atomic mass is 10.1. The van der Waals surface area contributed by atoms with Gasteiger partial charge in [-0.15, -0.1) is 0 Å². The number of rotatable bonds is 6. The molecule has 0 unspecified atom stereocenters. The van der Waals surface area contributed by atoms with Crippen molar-refractivity contribution in [3.63, 3.8) is 0 Å². The van der Waals surface area contributed by atoms with E-state index in [0.717, 1.165) is 29.0 Å². The molecule has 3 rings (SSSR count). The van der Waals surface area contributed by atoms with E-state index >= 15 is 0 Å². The quantitative estimate of drug-likeness (QED) is 0.682. The standard InChI is InChI=1S/C23H25F3N2O4/c1-14-10-15(8-9-20(14)31-2)12-28-13-16(11-19(28)22(30)32-3)27-21(29)17-6-4-5-7-18(17)23(24,25)26/h4-10,16,19H,11-13H2,1-3H3,(H,27,29)/t16-,19-/m0/s1. The topological polar surface area (TPSA) is 67.9 Å². The normalized spacial score (nSPS) is 18.9. The number of ether oxygens (including phenoxy) is 2. The molecule has 32 heavy (non-hydrogen) atoms. The van der Waals surface area contributed by atoms with Crippen molar-refractivity contribution >= 4 is 11.9 Å². The molecule has 6 nitrogen and oxygen atoms in total. The van der Waals surface area contributed by atoms with E-state index in [0.29, 0.717) is 13.1 Å². The van der Waals surface area contributed by atoms with Gasteiger partial charge >= 0.3 is 12.1 Å². The van der Waals surface area contributed by atoms with E-state index in [9.17, 15) is 22.8 Å². The largest absolute Gasteiger partial charge is 0.496 e. The zero-order chi connectivity index (χ0) is 23.5. The van der Waals surface area contributed by atoms with Gasteiger partial charge in [0.25, 0.3) is 5.91 Å². The van der Waals surface area contributed by atoms with E-state index in [1.54, 1.807) is 7.11 Å². The number of benzene rings is 2. The predicted octanol–water partition coefficient (Wildman–Crippen LogP) is 3.57. The highest BCUT2D eigenvalue weighted by atomic mass is 19.4. The number of hydrogen-bond donors (Lipinski definition) is 1. The van der Waals surface area contributed by atoms with Crippen molar-refractivity contribution in [2.75, 3.05) is 20.8 Å². The molecule has 1 N–H and O–H groups in total. The summed E-state index contributed by atoms with van der Waals surface area (Å²) >= 11 is 0. The van der Waals surface area contributed by atoms with Crippen LogP contribution < -0.4 is 10.1 Å². The molecule has 0 aliphatic carbocycles. The van der Waals surface area contributed by atoms with Crippen LogP contribution in [0.25, 0.3) is 0 Å². The number of aryl methyl sites for hydroxylation is 1. The average Bonchev–Trinajstić information content (AvgIpc) is 3.14. The van der Waals surface area contributed by atoms with Gasteiger partial charge in [-0.3, -0.25) is 14.5 Å². The van der Waals surface area contributed by atoms with Crippen LogP contribution in [0, 0.1) is 6.92 Å². The van der Waals surface area contributed by atoms with Crippen molar-refractivity contribution in [3.05, 3.63) is 64.7 Å². The van der Waals surface area contributed by atoms with E-state index < -0.39 is 41.3 Å². The number of nitrogens with one attached hydrogen (secondary N) is 1. The summed E-state index contributed by atoms with van der Waals surface area (Å²) in [5.74, 6) is -0.537. The number of amides is 1. The van der Waals surface area contributed by atoms with Gasteiger partial charge in [-0.25, -0.2) is 0 Å². The Hall–Kier alpha value is -3.07. The summed E-state index contributed by atoms with van der Waals surface area (Å²) < 4.78 is 50.0. The first-order valence-corrected chi connectivity index (χ1v) is 10.1. The average molecular weight is 450 g/mol. The Balaban J connectivity index is 1.76. The van der Waals surface area contributed by atoms with Gasteiger partial charge in [0.05, 0.1) is 25.3 Å². The molecule has 0 spiro atoms. The molecule has 1 aliphatic heterocycles. The number of esters is 1. The SMILES string of the molecule is COC(=O)[C@@H]1C[C@H](NC(=O)c2ccccc2C(F)(F)F)CN1Cc1ccc(OC)c(C)c1. The van der Waals surface area contributed by atoms with Gasteiger partial charge in [0.2, 0.25) is 0 Å². The fraction of sp³-hybridized carbons (Fsp3) is 0.391. The van der Waals surface area contributed by atoms with Gasteiger partial charge in [-0.2, -0.15) is 13.2 Å². The van der Waals surface area contributed by atoms with Gasteiger partial charge < -0.3 is 14.8 Å². The number of hydrogen-bond acceptors (Lipinski definition) is 5. The van der Waals surface area contributed by atoms with Crippen molar-refractivity contribution in [3.8, 4) is 5.75 Å². The summed E-state index contributed by atoms with van der Waals surface area (Å²) in [6.07, 6.45) is -4.40. The summed E-state index contributed by atoms with van der Waals surface area (Å²) in [6.45, 7) is 2.62. The fourth-order valence-corrected chi connectivity index (χ4v) is 4.03. The van der Waals surface area contributed by atoms with Crippen LogP contribution >= 0.6 is 0 Å². The minimum absolute atomic E-state index is 0.238. The number of halogens is 3. The third-order valence-corrected chi connectivity index (χ3v) is 5.53. The third kappa shape index (κ3) is 5.21. The Morgan fingerprint density at radius 3 is 2.50 bits per heavy atom. The fourth-order valence-electron chi connectivity index (χ4n) is 4.03. The van der Waals surface area contributed by atoms with Crippen molar-refractivity contribution in [1.82, 2.24) is 10.2 Å². The smallest absolute Gasteiger partial charge is 0.417 e. The van der Waals surface area contributed by atoms with E-state index in [4.69, 9.17) is 9.47 Å². The molecule has 1 aliphatic rings. The lowest BCUT2D eigenvalue weighted by molar-refractivity contribution is -0.146. The number of alkyl halides is 3. The van der Waals surface area contributed by atoms with Crippen molar-refractivity contribution in [1.29, 1.82) is 0 Å². The molecule has 0 radical (unpaired) electrons. The maximum absolute atomic E-state index is 13.3. The van der Waals surface area contributed by atoms with E-state index in [1.165, 1.54) is 19.2 Å². The summed E-state index contributed by atoms with van der Waals surface area (Å²) in [5, 5.41) is 2.65. The van der Waals surface area contributed by atoms with Crippen LogP contribution in [-0.4, -0.2) is 49.6 Å². The molecule has 0 aromatic heterocycles. The minimum atomic E-state index is -4.64. The molecule has 1 fully saturated rings. The Morgan fingerprint density at radius 1 is 1.16 bits per heavy atom. The molecule has 2 aromatic carbocycles. The van der Waals surface area contributed by atoms with E-state index in [-0.39, 0.29) is 6.42 Å². The van der Waals surface area contributed by atoms with Crippen LogP contribution in [0.2, 0.25) is 0 Å². The Morgan fingerprint density at radius 2 is 1.88 bits per heavy atom. The van der Waals surface area contributed by atoms with Crippen molar-refractivity contribution in [2.24, 2.45) is 0 Å². The van der Waals surface area contributed by atoms with Gasteiger partial charge in [0.1, 0.15) is 11.8 Å². The highest BCUT2D eigenvalue weighted by Gasteiger charge is 2.40. The molecule has 9 heteroatoms. The second-order valence-electron chi connectivity index (χ2n) is 7.72. The lowest BCUT2D eigenvalue weighted by Crippen LogP contribution is -2.38. The summed E-state index contributed by atoms with van der Waals surface area (Å²) in [5.41, 5.74) is 0.434. The Labute approximate surface area is 184 Å². The van der Waals surface area contributed by atoms with E-state index in [2.05, 4.69) is 5.32 Å². The molecular formula is C23H25F3N2O4. The minimum Gasteiger partial charge on any atom is -0.496 e. The third-order valence-electron chi connectivity index (χ3n) is 5.53. The maximum Gasteiger partial charge on any atom is 0.417 e. The number of likely N-dealkylation sites (tertiary alicyclic amines) is 1. The number of carbonyl (C=O) groups excluding carboxylic acids is 2. The molecule has 1 amide bonds. The van der Waals surface area contributed by atoms with Crippen LogP contribution in [0.3, 0.4) is 0 Å². The van der Waals surface area contributed by atoms with Crippen molar-refractivity contribution in [2.45, 2.75) is 38.1 Å². The van der Waals surface area contributed by atoms with Crippen LogP contribution in [0.4, 0.5) is 13.2 Å². The predicted molar refractivity (Wildman–Crippen MR) is 111 cm³/mol.